The molecule has 11 heteroatoms. The third-order valence-corrected chi connectivity index (χ3v) is 4.89. The number of hydrogen-bond donors (Lipinski definition) is 2. The molecule has 2 aliphatic heterocycles. The molecule has 2 N–H and O–H groups in total. The van der Waals surface area contributed by atoms with Crippen LogP contribution in [0.15, 0.2) is 18.7 Å². The van der Waals surface area contributed by atoms with Crippen LogP contribution in [0.25, 0.3) is 16.9 Å². The van der Waals surface area contributed by atoms with Gasteiger partial charge in [-0.2, -0.15) is 14.6 Å². The number of rotatable bonds is 4. The Morgan fingerprint density at radius 3 is 2.93 bits per heavy atom. The van der Waals surface area contributed by atoms with E-state index >= 15 is 0 Å². The molecule has 5 rings (SSSR count). The van der Waals surface area contributed by atoms with Crippen LogP contribution in [-0.2, 0) is 4.74 Å². The third-order valence-electron chi connectivity index (χ3n) is 4.89. The lowest BCUT2D eigenvalue weighted by molar-refractivity contribution is 0.0284. The van der Waals surface area contributed by atoms with E-state index in [1.807, 2.05) is 4.90 Å². The Kier molecular flexibility index (Phi) is 3.88. The highest BCUT2D eigenvalue weighted by molar-refractivity contribution is 5.85. The van der Waals surface area contributed by atoms with Crippen LogP contribution in [0, 0.1) is 0 Å². The minimum absolute atomic E-state index is 0.0636. The van der Waals surface area contributed by atoms with Crippen LogP contribution < -0.4 is 10.2 Å². The Hall–Kier alpha value is -2.82. The van der Waals surface area contributed by atoms with Gasteiger partial charge in [-0.25, -0.2) is 13.8 Å². The van der Waals surface area contributed by atoms with E-state index < -0.39 is 18.4 Å². The van der Waals surface area contributed by atoms with E-state index in [1.165, 1.54) is 4.52 Å². The monoisotopic (exact) mass is 376 g/mol. The quantitative estimate of drug-likeness (QED) is 0.707. The minimum atomic E-state index is -1.12. The zero-order valence-electron chi connectivity index (χ0n) is 14.3. The first-order chi connectivity index (χ1) is 13.2. The number of nitrogens with one attached hydrogen (secondary N) is 2. The highest BCUT2D eigenvalue weighted by Crippen LogP contribution is 2.35. The van der Waals surface area contributed by atoms with Crippen LogP contribution >= 0.6 is 0 Å². The van der Waals surface area contributed by atoms with Crippen molar-refractivity contribution in [1.82, 2.24) is 29.8 Å². The fraction of sp³-hybridized carbons (Fsp3) is 0.500. The van der Waals surface area contributed by atoms with E-state index in [1.54, 1.807) is 18.7 Å². The molecule has 3 aromatic heterocycles. The Morgan fingerprint density at radius 2 is 2.19 bits per heavy atom. The fourth-order valence-electron chi connectivity index (χ4n) is 3.43. The molecule has 142 valence electrons. The number of hydrogen-bond acceptors (Lipinski definition) is 7. The normalized spacial score (nSPS) is 23.6. The molecule has 0 radical (unpaired) electrons. The number of halogens is 2. The van der Waals surface area contributed by atoms with Gasteiger partial charge in [0.25, 0.3) is 0 Å². The lowest BCUT2D eigenvalue weighted by Crippen LogP contribution is -2.49. The van der Waals surface area contributed by atoms with E-state index in [4.69, 9.17) is 4.74 Å². The molecular weight excluding hydrogens is 358 g/mol. The van der Waals surface area contributed by atoms with Crippen molar-refractivity contribution in [3.63, 3.8) is 0 Å². The molecule has 0 aliphatic carbocycles. The molecule has 2 atom stereocenters. The van der Waals surface area contributed by atoms with Crippen LogP contribution in [0.1, 0.15) is 6.42 Å². The standard InChI is InChI=1S/C16H18F2N8O/c17-10-5-25(6-10)14-13(9-3-20-21-4-9)19-8-26-15(14)23-16(24-26)22-12-1-2-27-7-11(12)18/h3-4,8,10-12H,1-2,5-7H2,(H,20,21)(H,22,24)/t11-,12?/m1/s1. The van der Waals surface area contributed by atoms with E-state index in [9.17, 15) is 8.78 Å². The minimum Gasteiger partial charge on any atom is -0.378 e. The molecule has 9 nitrogen and oxygen atoms in total. The van der Waals surface area contributed by atoms with Crippen LogP contribution in [0.3, 0.4) is 0 Å². The van der Waals surface area contributed by atoms with Crippen molar-refractivity contribution in [2.45, 2.75) is 24.8 Å². The van der Waals surface area contributed by atoms with Crippen molar-refractivity contribution in [2.75, 3.05) is 36.5 Å². The van der Waals surface area contributed by atoms with Crippen molar-refractivity contribution in [1.29, 1.82) is 0 Å². The number of anilines is 2. The summed E-state index contributed by atoms with van der Waals surface area (Å²) in [7, 11) is 0. The number of nitrogens with zero attached hydrogens (tertiary/aromatic N) is 6. The van der Waals surface area contributed by atoms with E-state index in [0.29, 0.717) is 36.0 Å². The molecular formula is C16H18F2N8O. The van der Waals surface area contributed by atoms with Gasteiger partial charge in [-0.3, -0.25) is 5.10 Å². The Labute approximate surface area is 152 Å². The largest absolute Gasteiger partial charge is 0.378 e. The van der Waals surface area contributed by atoms with Gasteiger partial charge in [0, 0.05) is 18.4 Å². The van der Waals surface area contributed by atoms with Crippen molar-refractivity contribution >= 4 is 17.3 Å². The summed E-state index contributed by atoms with van der Waals surface area (Å²) in [4.78, 5) is 10.9. The van der Waals surface area contributed by atoms with Gasteiger partial charge in [-0.05, 0) is 6.42 Å². The number of fused-ring (bicyclic) bond motifs is 1. The fourth-order valence-corrected chi connectivity index (χ4v) is 3.43. The number of ether oxygens (including phenoxy) is 1. The second-order valence-electron chi connectivity index (χ2n) is 6.77. The zero-order chi connectivity index (χ0) is 18.4. The third kappa shape index (κ3) is 2.87. The molecule has 0 aromatic carbocycles. The highest BCUT2D eigenvalue weighted by atomic mass is 19.1. The van der Waals surface area contributed by atoms with Gasteiger partial charge in [-0.15, -0.1) is 5.10 Å². The lowest BCUT2D eigenvalue weighted by atomic mass is 10.1. The average Bonchev–Trinajstić information content (AvgIpc) is 3.29. The van der Waals surface area contributed by atoms with Crippen LogP contribution in [-0.4, -0.2) is 74.5 Å². The summed E-state index contributed by atoms with van der Waals surface area (Å²) in [5.41, 5.74) is 2.66. The van der Waals surface area contributed by atoms with Gasteiger partial charge in [0.1, 0.15) is 30.1 Å². The molecule has 2 fully saturated rings. The first-order valence-electron chi connectivity index (χ1n) is 8.81. The predicted octanol–water partition coefficient (Wildman–Crippen LogP) is 1.21. The van der Waals surface area contributed by atoms with Gasteiger partial charge in [0.2, 0.25) is 5.95 Å². The zero-order valence-corrected chi connectivity index (χ0v) is 14.3. The Balaban J connectivity index is 1.54. The Bertz CT molecular complexity index is 939. The topological polar surface area (TPSA) is 96.3 Å². The van der Waals surface area contributed by atoms with Crippen LogP contribution in [0.2, 0.25) is 0 Å². The average molecular weight is 376 g/mol. The van der Waals surface area contributed by atoms with Crippen molar-refractivity contribution in [3.8, 4) is 11.3 Å². The highest BCUT2D eigenvalue weighted by Gasteiger charge is 2.32. The molecule has 0 spiro atoms. The van der Waals surface area contributed by atoms with Crippen LogP contribution in [0.5, 0.6) is 0 Å². The molecule has 2 aliphatic rings. The maximum Gasteiger partial charge on any atom is 0.243 e. The summed E-state index contributed by atoms with van der Waals surface area (Å²) in [5.74, 6) is 0.314. The smallest absolute Gasteiger partial charge is 0.243 e. The van der Waals surface area contributed by atoms with E-state index in [2.05, 4.69) is 30.6 Å². The first-order valence-corrected chi connectivity index (χ1v) is 8.81. The van der Waals surface area contributed by atoms with Crippen molar-refractivity contribution < 1.29 is 13.5 Å². The number of aromatic nitrogens is 6. The molecule has 0 amide bonds. The second-order valence-corrected chi connectivity index (χ2v) is 6.77. The summed E-state index contributed by atoms with van der Waals surface area (Å²) in [6.45, 7) is 1.10. The van der Waals surface area contributed by atoms with E-state index in [0.717, 1.165) is 5.56 Å². The summed E-state index contributed by atoms with van der Waals surface area (Å²) < 4.78 is 34.2. The number of H-pyrrole nitrogens is 1. The molecule has 5 heterocycles. The summed E-state index contributed by atoms with van der Waals surface area (Å²) in [5, 5.41) is 14.1. The maximum atomic E-state index is 14.0. The van der Waals surface area contributed by atoms with Crippen LogP contribution in [0.4, 0.5) is 20.4 Å². The van der Waals surface area contributed by atoms with Crippen molar-refractivity contribution in [3.05, 3.63) is 18.7 Å². The van der Waals surface area contributed by atoms with E-state index in [-0.39, 0.29) is 19.7 Å². The summed E-state index contributed by atoms with van der Waals surface area (Å²) in [6, 6.07) is -0.403. The molecule has 2 saturated heterocycles. The molecule has 1 unspecified atom stereocenters. The van der Waals surface area contributed by atoms with Gasteiger partial charge < -0.3 is 15.0 Å². The number of aromatic amines is 1. The lowest BCUT2D eigenvalue weighted by Gasteiger charge is -2.36. The van der Waals surface area contributed by atoms with Gasteiger partial charge >= 0.3 is 0 Å². The SMILES string of the molecule is FC1CN(c2c(-c3cn[nH]c3)ncn3nc(NC4CCOC[C@H]4F)nc23)C1. The second kappa shape index (κ2) is 6.41. The Morgan fingerprint density at radius 1 is 1.30 bits per heavy atom. The van der Waals surface area contributed by atoms with Gasteiger partial charge in [0.15, 0.2) is 5.65 Å². The molecule has 27 heavy (non-hydrogen) atoms. The molecule has 3 aromatic rings. The maximum absolute atomic E-state index is 14.0. The van der Waals surface area contributed by atoms with Gasteiger partial charge in [-0.1, -0.05) is 0 Å². The predicted molar refractivity (Wildman–Crippen MR) is 93.2 cm³/mol. The van der Waals surface area contributed by atoms with Gasteiger partial charge in [0.05, 0.1) is 31.9 Å². The first kappa shape index (κ1) is 16.4. The van der Waals surface area contributed by atoms with Crippen molar-refractivity contribution in [2.24, 2.45) is 0 Å². The molecule has 0 saturated carbocycles. The molecule has 0 bridgehead atoms. The number of alkyl halides is 2. The summed E-state index contributed by atoms with van der Waals surface area (Å²) in [6.07, 6.45) is 3.46. The summed E-state index contributed by atoms with van der Waals surface area (Å²) >= 11 is 0.